The summed E-state index contributed by atoms with van der Waals surface area (Å²) in [7, 11) is 1.93. The van der Waals surface area contributed by atoms with Crippen LogP contribution in [-0.2, 0) is 9.59 Å². The molecule has 2 aromatic carbocycles. The molecule has 0 bridgehead atoms. The van der Waals surface area contributed by atoms with Crippen LogP contribution in [0.2, 0.25) is 0 Å². The minimum Gasteiger partial charge on any atom is -0.494 e. The molecule has 0 spiro atoms. The molecule has 1 saturated heterocycles. The zero-order valence-corrected chi connectivity index (χ0v) is 19.9. The number of anilines is 2. The molecule has 1 N–H and O–H groups in total. The molecule has 1 fully saturated rings. The molecule has 2 aromatic rings. The standard InChI is InChI=1S/C26H28FN3O4/c1-6-34-18-9-7-17(8-10-18)30-24(32)20(23(31)28-25(30)33)12-16-11-19-15(2)14-26(3,4)29(5)22(19)13-21(16)27/h7-13,15H,6,14H2,1-5H3,(H,28,31,33)/b20-12-. The Balaban J connectivity index is 1.72. The van der Waals surface area contributed by atoms with Gasteiger partial charge < -0.3 is 9.64 Å². The third kappa shape index (κ3) is 4.04. The number of amides is 4. The highest BCUT2D eigenvalue weighted by Gasteiger charge is 2.38. The third-order valence-electron chi connectivity index (χ3n) is 6.56. The highest BCUT2D eigenvalue weighted by Crippen LogP contribution is 2.43. The minimum absolute atomic E-state index is 0.123. The van der Waals surface area contributed by atoms with E-state index in [9.17, 15) is 14.4 Å². The summed E-state index contributed by atoms with van der Waals surface area (Å²) < 4.78 is 20.5. The Morgan fingerprint density at radius 1 is 1.18 bits per heavy atom. The monoisotopic (exact) mass is 465 g/mol. The highest BCUT2D eigenvalue weighted by molar-refractivity contribution is 6.39. The lowest BCUT2D eigenvalue weighted by Crippen LogP contribution is -2.54. The van der Waals surface area contributed by atoms with E-state index in [1.54, 1.807) is 30.3 Å². The average Bonchev–Trinajstić information content (AvgIpc) is 2.76. The van der Waals surface area contributed by atoms with Gasteiger partial charge in [-0.1, -0.05) is 6.92 Å². The maximum absolute atomic E-state index is 15.1. The van der Waals surface area contributed by atoms with E-state index in [0.29, 0.717) is 12.4 Å². The molecule has 34 heavy (non-hydrogen) atoms. The third-order valence-corrected chi connectivity index (χ3v) is 6.56. The number of carbonyl (C=O) groups is 3. The van der Waals surface area contributed by atoms with Gasteiger partial charge in [0.05, 0.1) is 12.3 Å². The van der Waals surface area contributed by atoms with Crippen LogP contribution >= 0.6 is 0 Å². The average molecular weight is 466 g/mol. The largest absolute Gasteiger partial charge is 0.494 e. The van der Waals surface area contributed by atoms with Gasteiger partial charge >= 0.3 is 6.03 Å². The molecule has 0 saturated carbocycles. The SMILES string of the molecule is CCOc1ccc(N2C(=O)NC(=O)/C(=C/c3cc4c(cc3F)N(C)C(C)(C)CC4C)C2=O)cc1. The maximum Gasteiger partial charge on any atom is 0.335 e. The predicted molar refractivity (Wildman–Crippen MR) is 129 cm³/mol. The van der Waals surface area contributed by atoms with Gasteiger partial charge in [-0.15, -0.1) is 0 Å². The number of ether oxygens (including phenoxy) is 1. The molecular formula is C26H28FN3O4. The van der Waals surface area contributed by atoms with Crippen molar-refractivity contribution in [2.24, 2.45) is 0 Å². The quantitative estimate of drug-likeness (QED) is 0.527. The number of hydrogen-bond donors (Lipinski definition) is 1. The van der Waals surface area contributed by atoms with Crippen LogP contribution in [-0.4, -0.2) is 37.0 Å². The smallest absolute Gasteiger partial charge is 0.335 e. The molecule has 0 aromatic heterocycles. The Kier molecular flexibility index (Phi) is 5.93. The van der Waals surface area contributed by atoms with Crippen molar-refractivity contribution in [3.8, 4) is 5.75 Å². The van der Waals surface area contributed by atoms with Gasteiger partial charge in [-0.05, 0) is 81.1 Å². The molecule has 4 amide bonds. The van der Waals surface area contributed by atoms with E-state index in [-0.39, 0.29) is 28.3 Å². The lowest BCUT2D eigenvalue weighted by Gasteiger charge is -2.45. The Labute approximate surface area is 198 Å². The summed E-state index contributed by atoms with van der Waals surface area (Å²) in [5, 5.41) is 2.17. The molecule has 0 radical (unpaired) electrons. The van der Waals surface area contributed by atoms with Gasteiger partial charge in [-0.2, -0.15) is 0 Å². The lowest BCUT2D eigenvalue weighted by molar-refractivity contribution is -0.122. The molecule has 0 aliphatic carbocycles. The number of halogens is 1. The van der Waals surface area contributed by atoms with Crippen molar-refractivity contribution in [1.82, 2.24) is 5.32 Å². The van der Waals surface area contributed by atoms with Gasteiger partial charge in [0.1, 0.15) is 17.1 Å². The van der Waals surface area contributed by atoms with Crippen LogP contribution in [0.4, 0.5) is 20.6 Å². The number of nitrogens with zero attached hydrogens (tertiary/aromatic N) is 2. The second kappa shape index (κ2) is 8.59. The van der Waals surface area contributed by atoms with Gasteiger partial charge in [0.2, 0.25) is 0 Å². The molecule has 2 aliphatic heterocycles. The number of fused-ring (bicyclic) bond motifs is 1. The van der Waals surface area contributed by atoms with E-state index in [4.69, 9.17) is 4.74 Å². The summed E-state index contributed by atoms with van der Waals surface area (Å²) in [6.07, 6.45) is 2.09. The summed E-state index contributed by atoms with van der Waals surface area (Å²) in [6.45, 7) is 8.61. The van der Waals surface area contributed by atoms with Crippen molar-refractivity contribution in [3.63, 3.8) is 0 Å². The van der Waals surface area contributed by atoms with E-state index in [2.05, 4.69) is 26.1 Å². The number of hydrogen-bond acceptors (Lipinski definition) is 5. The second-order valence-corrected chi connectivity index (χ2v) is 9.29. The second-order valence-electron chi connectivity index (χ2n) is 9.29. The van der Waals surface area contributed by atoms with Gasteiger partial charge in [0.25, 0.3) is 11.8 Å². The molecular weight excluding hydrogens is 437 g/mol. The van der Waals surface area contributed by atoms with Crippen molar-refractivity contribution in [1.29, 1.82) is 0 Å². The fourth-order valence-corrected chi connectivity index (χ4v) is 4.62. The van der Waals surface area contributed by atoms with Crippen LogP contribution in [0.1, 0.15) is 51.2 Å². The van der Waals surface area contributed by atoms with E-state index in [1.807, 2.05) is 18.9 Å². The van der Waals surface area contributed by atoms with Crippen LogP contribution in [0.25, 0.3) is 6.08 Å². The molecule has 2 heterocycles. The van der Waals surface area contributed by atoms with Gasteiger partial charge in [0.15, 0.2) is 0 Å². The summed E-state index contributed by atoms with van der Waals surface area (Å²) in [5.74, 6) is -1.48. The van der Waals surface area contributed by atoms with Gasteiger partial charge in [-0.25, -0.2) is 14.1 Å². The Morgan fingerprint density at radius 2 is 1.85 bits per heavy atom. The molecule has 1 atom stereocenters. The topological polar surface area (TPSA) is 79.0 Å². The van der Waals surface area contributed by atoms with Crippen LogP contribution in [0.15, 0.2) is 42.0 Å². The molecule has 7 nitrogen and oxygen atoms in total. The number of barbiturate groups is 1. The Morgan fingerprint density at radius 3 is 2.50 bits per heavy atom. The summed E-state index contributed by atoms with van der Waals surface area (Å²) in [5.41, 5.74) is 1.68. The van der Waals surface area contributed by atoms with Crippen molar-refractivity contribution in [3.05, 3.63) is 58.9 Å². The normalized spacial score (nSPS) is 20.9. The molecule has 4 rings (SSSR count). The van der Waals surface area contributed by atoms with Gasteiger partial charge in [-0.3, -0.25) is 14.9 Å². The van der Waals surface area contributed by atoms with E-state index in [1.165, 1.54) is 12.1 Å². The molecule has 1 unspecified atom stereocenters. The van der Waals surface area contributed by atoms with Crippen LogP contribution < -0.4 is 19.9 Å². The number of urea groups is 1. The zero-order valence-electron chi connectivity index (χ0n) is 19.9. The van der Waals surface area contributed by atoms with Crippen LogP contribution in [0.3, 0.4) is 0 Å². The van der Waals surface area contributed by atoms with Gasteiger partial charge in [0, 0.05) is 23.8 Å². The summed E-state index contributed by atoms with van der Waals surface area (Å²) >= 11 is 0. The maximum atomic E-state index is 15.1. The minimum atomic E-state index is -0.861. The first-order valence-corrected chi connectivity index (χ1v) is 11.2. The number of imide groups is 2. The number of carbonyl (C=O) groups excluding carboxylic acids is 3. The Bertz CT molecular complexity index is 1200. The van der Waals surface area contributed by atoms with Crippen LogP contribution in [0, 0.1) is 5.82 Å². The first-order chi connectivity index (χ1) is 16.0. The lowest BCUT2D eigenvalue weighted by atomic mass is 9.80. The van der Waals surface area contributed by atoms with Crippen molar-refractivity contribution < 1.29 is 23.5 Å². The van der Waals surface area contributed by atoms with E-state index >= 15 is 4.39 Å². The zero-order chi connectivity index (χ0) is 24.8. The first-order valence-electron chi connectivity index (χ1n) is 11.2. The highest BCUT2D eigenvalue weighted by atomic mass is 19.1. The molecule has 2 aliphatic rings. The summed E-state index contributed by atoms with van der Waals surface area (Å²) in [4.78, 5) is 41.1. The molecule has 178 valence electrons. The van der Waals surface area contributed by atoms with E-state index in [0.717, 1.165) is 22.6 Å². The fraction of sp³-hybridized carbons (Fsp3) is 0.346. The van der Waals surface area contributed by atoms with Crippen molar-refractivity contribution >= 4 is 35.3 Å². The summed E-state index contributed by atoms with van der Waals surface area (Å²) in [6, 6.07) is 8.62. The predicted octanol–water partition coefficient (Wildman–Crippen LogP) is 4.61. The van der Waals surface area contributed by atoms with Crippen LogP contribution in [0.5, 0.6) is 5.75 Å². The first kappa shape index (κ1) is 23.5. The number of rotatable bonds is 4. The fourth-order valence-electron chi connectivity index (χ4n) is 4.62. The van der Waals surface area contributed by atoms with Crippen molar-refractivity contribution in [2.45, 2.75) is 45.6 Å². The van der Waals surface area contributed by atoms with Crippen molar-refractivity contribution in [2.75, 3.05) is 23.5 Å². The number of benzene rings is 2. The molecule has 8 heteroatoms. The Hall–Kier alpha value is -3.68. The van der Waals surface area contributed by atoms with E-state index < -0.39 is 23.7 Å². The number of nitrogens with one attached hydrogen (secondary N) is 1.